The van der Waals surface area contributed by atoms with Gasteiger partial charge >= 0.3 is 5.97 Å². The van der Waals surface area contributed by atoms with Crippen LogP contribution in [-0.2, 0) is 16.0 Å². The lowest BCUT2D eigenvalue weighted by Crippen LogP contribution is -2.25. The number of esters is 1. The first-order valence-corrected chi connectivity index (χ1v) is 6.18. The average molecular weight is 235 g/mol. The molecule has 1 aromatic carbocycles. The van der Waals surface area contributed by atoms with Gasteiger partial charge in [0.2, 0.25) is 0 Å². The first-order chi connectivity index (χ1) is 8.27. The Hall–Kier alpha value is -1.35. The van der Waals surface area contributed by atoms with Gasteiger partial charge in [-0.2, -0.15) is 0 Å². The van der Waals surface area contributed by atoms with Gasteiger partial charge in [-0.1, -0.05) is 37.3 Å². The molecule has 0 aromatic heterocycles. The lowest BCUT2D eigenvalue weighted by Gasteiger charge is -2.11. The second-order valence-corrected chi connectivity index (χ2v) is 4.10. The van der Waals surface area contributed by atoms with Gasteiger partial charge in [0.05, 0.1) is 12.5 Å². The third-order valence-corrected chi connectivity index (χ3v) is 2.81. The van der Waals surface area contributed by atoms with E-state index in [2.05, 4.69) is 12.1 Å². The van der Waals surface area contributed by atoms with Gasteiger partial charge in [-0.05, 0) is 24.8 Å². The SMILES string of the molecule is CCC(CN)C(=O)OCCCc1ccccc1. The smallest absolute Gasteiger partial charge is 0.310 e. The molecule has 0 aliphatic rings. The average Bonchev–Trinajstić information content (AvgIpc) is 2.37. The fraction of sp³-hybridized carbons (Fsp3) is 0.500. The van der Waals surface area contributed by atoms with Crippen LogP contribution >= 0.6 is 0 Å². The van der Waals surface area contributed by atoms with Gasteiger partial charge in [-0.15, -0.1) is 0 Å². The van der Waals surface area contributed by atoms with Crippen LogP contribution in [0.1, 0.15) is 25.3 Å². The van der Waals surface area contributed by atoms with Crippen LogP contribution in [0.5, 0.6) is 0 Å². The number of carbonyl (C=O) groups is 1. The maximum absolute atomic E-state index is 11.5. The monoisotopic (exact) mass is 235 g/mol. The molecule has 3 heteroatoms. The van der Waals surface area contributed by atoms with E-state index in [9.17, 15) is 4.79 Å². The van der Waals surface area contributed by atoms with E-state index < -0.39 is 0 Å². The molecule has 94 valence electrons. The van der Waals surface area contributed by atoms with Crippen LogP contribution in [0.25, 0.3) is 0 Å². The molecule has 0 amide bonds. The summed E-state index contributed by atoms with van der Waals surface area (Å²) >= 11 is 0. The fourth-order valence-electron chi connectivity index (χ4n) is 1.64. The molecule has 1 rings (SSSR count). The van der Waals surface area contributed by atoms with Crippen molar-refractivity contribution in [2.45, 2.75) is 26.2 Å². The maximum Gasteiger partial charge on any atom is 0.310 e. The minimum absolute atomic E-state index is 0.147. The number of rotatable bonds is 7. The van der Waals surface area contributed by atoms with Crippen LogP contribution in [0.2, 0.25) is 0 Å². The number of aryl methyl sites for hydroxylation is 1. The van der Waals surface area contributed by atoms with Gasteiger partial charge < -0.3 is 10.5 Å². The van der Waals surface area contributed by atoms with Crippen molar-refractivity contribution in [1.29, 1.82) is 0 Å². The van der Waals surface area contributed by atoms with Crippen molar-refractivity contribution < 1.29 is 9.53 Å². The zero-order chi connectivity index (χ0) is 12.5. The molecule has 1 atom stereocenters. The molecule has 0 aliphatic heterocycles. The third kappa shape index (κ3) is 5.00. The van der Waals surface area contributed by atoms with E-state index in [1.807, 2.05) is 25.1 Å². The van der Waals surface area contributed by atoms with Crippen molar-refractivity contribution in [3.63, 3.8) is 0 Å². The lowest BCUT2D eigenvalue weighted by atomic mass is 10.1. The highest BCUT2D eigenvalue weighted by Gasteiger charge is 2.15. The number of carbonyl (C=O) groups excluding carboxylic acids is 1. The summed E-state index contributed by atoms with van der Waals surface area (Å²) in [5.41, 5.74) is 6.75. The zero-order valence-corrected chi connectivity index (χ0v) is 10.4. The molecule has 0 fully saturated rings. The van der Waals surface area contributed by atoms with E-state index in [1.165, 1.54) is 5.56 Å². The van der Waals surface area contributed by atoms with Crippen LogP contribution in [0.4, 0.5) is 0 Å². The normalized spacial score (nSPS) is 12.1. The van der Waals surface area contributed by atoms with Gasteiger partial charge in [-0.25, -0.2) is 0 Å². The van der Waals surface area contributed by atoms with Crippen molar-refractivity contribution in [3.05, 3.63) is 35.9 Å². The number of hydrogen-bond donors (Lipinski definition) is 1. The predicted octanol–water partition coefficient (Wildman–Crippen LogP) is 2.15. The molecule has 0 aliphatic carbocycles. The summed E-state index contributed by atoms with van der Waals surface area (Å²) in [6, 6.07) is 10.2. The molecular formula is C14H21NO2. The molecule has 1 unspecified atom stereocenters. The summed E-state index contributed by atoms with van der Waals surface area (Å²) in [6.07, 6.45) is 2.54. The molecule has 0 radical (unpaired) electrons. The lowest BCUT2D eigenvalue weighted by molar-refractivity contribution is -0.148. The Bertz CT molecular complexity index is 320. The maximum atomic E-state index is 11.5. The van der Waals surface area contributed by atoms with Crippen LogP contribution in [0, 0.1) is 5.92 Å². The highest BCUT2D eigenvalue weighted by atomic mass is 16.5. The molecule has 0 saturated carbocycles. The summed E-state index contributed by atoms with van der Waals surface area (Å²) in [7, 11) is 0. The molecular weight excluding hydrogens is 214 g/mol. The fourth-order valence-corrected chi connectivity index (χ4v) is 1.64. The standard InChI is InChI=1S/C14H21NO2/c1-2-13(11-15)14(16)17-10-6-9-12-7-4-3-5-8-12/h3-5,7-8,13H,2,6,9-11,15H2,1H3. The van der Waals surface area contributed by atoms with E-state index >= 15 is 0 Å². The molecule has 2 N–H and O–H groups in total. The van der Waals surface area contributed by atoms with Gasteiger partial charge in [0.1, 0.15) is 0 Å². The quantitative estimate of drug-likeness (QED) is 0.582. The predicted molar refractivity (Wildman–Crippen MR) is 68.6 cm³/mol. The first kappa shape index (κ1) is 13.7. The van der Waals surface area contributed by atoms with Crippen LogP contribution in [0.3, 0.4) is 0 Å². The Morgan fingerprint density at radius 1 is 1.35 bits per heavy atom. The second-order valence-electron chi connectivity index (χ2n) is 4.10. The number of hydrogen-bond acceptors (Lipinski definition) is 3. The van der Waals surface area contributed by atoms with E-state index in [0.29, 0.717) is 13.2 Å². The molecule has 0 bridgehead atoms. The van der Waals surface area contributed by atoms with Crippen molar-refractivity contribution >= 4 is 5.97 Å². The number of benzene rings is 1. The van der Waals surface area contributed by atoms with E-state index in [-0.39, 0.29) is 11.9 Å². The van der Waals surface area contributed by atoms with Crippen molar-refractivity contribution in [3.8, 4) is 0 Å². The van der Waals surface area contributed by atoms with Gasteiger partial charge in [0.15, 0.2) is 0 Å². The van der Waals surface area contributed by atoms with Gasteiger partial charge in [-0.3, -0.25) is 4.79 Å². The van der Waals surface area contributed by atoms with Gasteiger partial charge in [0, 0.05) is 6.54 Å². The Morgan fingerprint density at radius 2 is 2.06 bits per heavy atom. The van der Waals surface area contributed by atoms with Crippen molar-refractivity contribution in [1.82, 2.24) is 0 Å². The van der Waals surface area contributed by atoms with Gasteiger partial charge in [0.25, 0.3) is 0 Å². The second kappa shape index (κ2) is 7.85. The van der Waals surface area contributed by atoms with E-state index in [0.717, 1.165) is 19.3 Å². The number of ether oxygens (including phenoxy) is 1. The zero-order valence-electron chi connectivity index (χ0n) is 10.4. The first-order valence-electron chi connectivity index (χ1n) is 6.18. The minimum Gasteiger partial charge on any atom is -0.465 e. The van der Waals surface area contributed by atoms with E-state index in [4.69, 9.17) is 10.5 Å². The molecule has 1 aromatic rings. The van der Waals surface area contributed by atoms with Crippen LogP contribution in [-0.4, -0.2) is 19.1 Å². The minimum atomic E-state index is -0.164. The molecule has 3 nitrogen and oxygen atoms in total. The summed E-state index contributed by atoms with van der Waals surface area (Å²) in [4.78, 5) is 11.5. The van der Waals surface area contributed by atoms with E-state index in [1.54, 1.807) is 0 Å². The van der Waals surface area contributed by atoms with Crippen molar-refractivity contribution in [2.24, 2.45) is 11.7 Å². The summed E-state index contributed by atoms with van der Waals surface area (Å²) in [6.45, 7) is 2.79. The third-order valence-electron chi connectivity index (χ3n) is 2.81. The Balaban J connectivity index is 2.18. The Labute approximate surface area is 103 Å². The van der Waals surface area contributed by atoms with Crippen LogP contribution < -0.4 is 5.73 Å². The summed E-state index contributed by atoms with van der Waals surface area (Å²) < 4.78 is 5.19. The summed E-state index contributed by atoms with van der Waals surface area (Å²) in [5, 5.41) is 0. The summed E-state index contributed by atoms with van der Waals surface area (Å²) in [5.74, 6) is -0.310. The largest absolute Gasteiger partial charge is 0.465 e. The van der Waals surface area contributed by atoms with Crippen LogP contribution in [0.15, 0.2) is 30.3 Å². The highest BCUT2D eigenvalue weighted by molar-refractivity contribution is 5.72. The highest BCUT2D eigenvalue weighted by Crippen LogP contribution is 2.05. The topological polar surface area (TPSA) is 52.3 Å². The molecule has 17 heavy (non-hydrogen) atoms. The molecule has 0 spiro atoms. The Kier molecular flexibility index (Phi) is 6.33. The molecule has 0 heterocycles. The van der Waals surface area contributed by atoms with Crippen molar-refractivity contribution in [2.75, 3.05) is 13.2 Å². The molecule has 0 saturated heterocycles. The Morgan fingerprint density at radius 3 is 2.65 bits per heavy atom. The number of nitrogens with two attached hydrogens (primary N) is 1.